The number of aryl methyl sites for hydroxylation is 1. The van der Waals surface area contributed by atoms with Gasteiger partial charge in [-0.05, 0) is 50.0 Å². The van der Waals surface area contributed by atoms with Gasteiger partial charge in [0.05, 0.1) is 23.2 Å². The first kappa shape index (κ1) is 20.3. The van der Waals surface area contributed by atoms with Crippen molar-refractivity contribution in [2.75, 3.05) is 16.8 Å². The lowest BCUT2D eigenvalue weighted by Gasteiger charge is -2.13. The summed E-state index contributed by atoms with van der Waals surface area (Å²) in [4.78, 5) is 24.4. The molecule has 1 aromatic heterocycles. The van der Waals surface area contributed by atoms with E-state index in [-0.39, 0.29) is 29.4 Å². The van der Waals surface area contributed by atoms with E-state index in [2.05, 4.69) is 15.7 Å². The van der Waals surface area contributed by atoms with Gasteiger partial charge < -0.3 is 10.6 Å². The third-order valence-electron chi connectivity index (χ3n) is 5.18. The largest absolute Gasteiger partial charge is 0.349 e. The van der Waals surface area contributed by atoms with E-state index in [1.54, 1.807) is 48.0 Å². The number of carbonyl (C=O) groups is 2. The number of hydrogen-bond acceptors (Lipinski definition) is 5. The van der Waals surface area contributed by atoms with Gasteiger partial charge in [-0.2, -0.15) is 5.10 Å². The number of benzene rings is 1. The predicted molar refractivity (Wildman–Crippen MR) is 114 cm³/mol. The normalized spacial score (nSPS) is 20.4. The van der Waals surface area contributed by atoms with Crippen molar-refractivity contribution in [1.82, 2.24) is 15.1 Å². The molecule has 1 unspecified atom stereocenters. The Bertz CT molecular complexity index is 1100. The van der Waals surface area contributed by atoms with E-state index in [1.165, 1.54) is 6.08 Å². The number of sulfone groups is 1. The summed E-state index contributed by atoms with van der Waals surface area (Å²) in [5.41, 5.74) is 2.09. The number of nitrogens with zero attached hydrogens (tertiary/aromatic N) is 2. The molecular formula is C21H24N4O4S. The molecular weight excluding hydrogens is 404 g/mol. The number of nitrogens with one attached hydrogen (secondary N) is 2. The molecule has 2 fully saturated rings. The van der Waals surface area contributed by atoms with Crippen molar-refractivity contribution in [1.29, 1.82) is 0 Å². The van der Waals surface area contributed by atoms with E-state index < -0.39 is 9.84 Å². The van der Waals surface area contributed by atoms with Crippen molar-refractivity contribution in [2.24, 2.45) is 0 Å². The number of anilines is 1. The fraction of sp³-hybridized carbons (Fsp3) is 0.381. The van der Waals surface area contributed by atoms with Gasteiger partial charge in [0.25, 0.3) is 5.91 Å². The molecule has 0 spiro atoms. The van der Waals surface area contributed by atoms with Crippen LogP contribution >= 0.6 is 0 Å². The smallest absolute Gasteiger partial charge is 0.251 e. The second-order valence-corrected chi connectivity index (χ2v) is 10.1. The Balaban J connectivity index is 1.39. The van der Waals surface area contributed by atoms with Crippen molar-refractivity contribution >= 4 is 33.5 Å². The van der Waals surface area contributed by atoms with E-state index in [1.807, 2.05) is 0 Å². The summed E-state index contributed by atoms with van der Waals surface area (Å²) >= 11 is 0. The molecule has 0 bridgehead atoms. The summed E-state index contributed by atoms with van der Waals surface area (Å²) in [5.74, 6) is 0.235. The molecule has 2 N–H and O–H groups in total. The highest BCUT2D eigenvalue weighted by Gasteiger charge is 2.31. The molecule has 2 aliphatic rings. The Morgan fingerprint density at radius 3 is 2.53 bits per heavy atom. The molecule has 1 aliphatic carbocycles. The van der Waals surface area contributed by atoms with Gasteiger partial charge in [-0.3, -0.25) is 9.59 Å². The minimum absolute atomic E-state index is 0.0352. The lowest BCUT2D eigenvalue weighted by atomic mass is 10.1. The molecule has 1 aromatic carbocycles. The monoisotopic (exact) mass is 428 g/mol. The SMILES string of the molecule is Cc1cc(NC(=O)/C=C/c2ccc(C(=O)NC3CC3)cc2)n(C2CCS(=O)(=O)C2)n1. The fourth-order valence-electron chi connectivity index (χ4n) is 3.44. The average molecular weight is 429 g/mol. The topological polar surface area (TPSA) is 110 Å². The highest BCUT2D eigenvalue weighted by Crippen LogP contribution is 2.27. The molecule has 2 amide bonds. The number of hydrogen-bond donors (Lipinski definition) is 2. The van der Waals surface area contributed by atoms with Gasteiger partial charge in [0.1, 0.15) is 5.82 Å². The van der Waals surface area contributed by atoms with E-state index in [4.69, 9.17) is 0 Å². The minimum Gasteiger partial charge on any atom is -0.349 e. The van der Waals surface area contributed by atoms with Gasteiger partial charge in [0.2, 0.25) is 5.91 Å². The van der Waals surface area contributed by atoms with Gasteiger partial charge in [-0.15, -0.1) is 0 Å². The zero-order valence-corrected chi connectivity index (χ0v) is 17.5. The summed E-state index contributed by atoms with van der Waals surface area (Å²) < 4.78 is 25.1. The van der Waals surface area contributed by atoms with E-state index >= 15 is 0 Å². The molecule has 2 heterocycles. The van der Waals surface area contributed by atoms with Crippen LogP contribution in [0.3, 0.4) is 0 Å². The Kier molecular flexibility index (Phi) is 5.46. The summed E-state index contributed by atoms with van der Waals surface area (Å²) in [6.45, 7) is 1.80. The van der Waals surface area contributed by atoms with Gasteiger partial charge in [-0.25, -0.2) is 13.1 Å². The summed E-state index contributed by atoms with van der Waals surface area (Å²) in [6, 6.07) is 8.79. The maximum atomic E-state index is 12.4. The Labute approximate surface area is 175 Å². The van der Waals surface area contributed by atoms with Crippen LogP contribution < -0.4 is 10.6 Å². The van der Waals surface area contributed by atoms with Crippen LogP contribution in [-0.4, -0.2) is 47.6 Å². The first-order chi connectivity index (χ1) is 14.3. The highest BCUT2D eigenvalue weighted by molar-refractivity contribution is 7.91. The molecule has 2 aromatic rings. The molecule has 8 nitrogen and oxygen atoms in total. The molecule has 1 atom stereocenters. The third kappa shape index (κ3) is 4.96. The zero-order valence-electron chi connectivity index (χ0n) is 16.7. The minimum atomic E-state index is -3.05. The van der Waals surface area contributed by atoms with Crippen LogP contribution in [-0.2, 0) is 14.6 Å². The van der Waals surface area contributed by atoms with Crippen LogP contribution in [0.4, 0.5) is 5.82 Å². The molecule has 30 heavy (non-hydrogen) atoms. The van der Waals surface area contributed by atoms with Gasteiger partial charge in [0.15, 0.2) is 9.84 Å². The lowest BCUT2D eigenvalue weighted by Crippen LogP contribution is -2.25. The van der Waals surface area contributed by atoms with Crippen LogP contribution in [0.1, 0.15) is 46.9 Å². The second kappa shape index (κ2) is 8.06. The number of aromatic nitrogens is 2. The van der Waals surface area contributed by atoms with Crippen LogP contribution in [0.25, 0.3) is 6.08 Å². The number of rotatable bonds is 6. The van der Waals surface area contributed by atoms with Crippen LogP contribution in [0.2, 0.25) is 0 Å². The van der Waals surface area contributed by atoms with Crippen LogP contribution in [0.5, 0.6) is 0 Å². The number of amides is 2. The Hall–Kier alpha value is -2.94. The highest BCUT2D eigenvalue weighted by atomic mass is 32.2. The predicted octanol–water partition coefficient (Wildman–Crippen LogP) is 2.10. The van der Waals surface area contributed by atoms with Gasteiger partial charge in [0, 0.05) is 23.7 Å². The molecule has 4 rings (SSSR count). The second-order valence-electron chi connectivity index (χ2n) is 7.86. The molecule has 0 radical (unpaired) electrons. The molecule has 9 heteroatoms. The first-order valence-electron chi connectivity index (χ1n) is 9.96. The standard InChI is InChI=1S/C21H24N4O4S/c1-14-12-19(25(24-14)18-10-11-30(28,29)13-18)23-20(26)9-4-15-2-5-16(6-3-15)21(27)22-17-7-8-17/h2-6,9,12,17-18H,7-8,10-11,13H2,1H3,(H,22,27)(H,23,26)/b9-4+. The third-order valence-corrected chi connectivity index (χ3v) is 6.93. The van der Waals surface area contributed by atoms with Gasteiger partial charge in [-0.1, -0.05) is 12.1 Å². The van der Waals surface area contributed by atoms with E-state index in [0.717, 1.165) is 18.4 Å². The molecule has 158 valence electrons. The molecule has 1 saturated heterocycles. The van der Waals surface area contributed by atoms with Crippen molar-refractivity contribution in [3.05, 3.63) is 53.2 Å². The quantitative estimate of drug-likeness (QED) is 0.685. The maximum absolute atomic E-state index is 12.4. The van der Waals surface area contributed by atoms with Crippen molar-refractivity contribution in [3.8, 4) is 0 Å². The fourth-order valence-corrected chi connectivity index (χ4v) is 5.13. The Morgan fingerprint density at radius 2 is 1.90 bits per heavy atom. The van der Waals surface area contributed by atoms with Crippen molar-refractivity contribution in [2.45, 2.75) is 38.3 Å². The van der Waals surface area contributed by atoms with Gasteiger partial charge >= 0.3 is 0 Å². The first-order valence-corrected chi connectivity index (χ1v) is 11.8. The Morgan fingerprint density at radius 1 is 1.17 bits per heavy atom. The van der Waals surface area contributed by atoms with Crippen LogP contribution in [0.15, 0.2) is 36.4 Å². The molecule has 1 saturated carbocycles. The van der Waals surface area contributed by atoms with E-state index in [9.17, 15) is 18.0 Å². The maximum Gasteiger partial charge on any atom is 0.251 e. The zero-order chi connectivity index (χ0) is 21.3. The summed E-state index contributed by atoms with van der Waals surface area (Å²) in [6.07, 6.45) is 5.62. The van der Waals surface area contributed by atoms with Crippen LogP contribution in [0, 0.1) is 6.92 Å². The van der Waals surface area contributed by atoms with E-state index in [0.29, 0.717) is 29.5 Å². The summed E-state index contributed by atoms with van der Waals surface area (Å²) in [5, 5.41) is 10.1. The lowest BCUT2D eigenvalue weighted by molar-refractivity contribution is -0.111. The van der Waals surface area contributed by atoms with Crippen molar-refractivity contribution in [3.63, 3.8) is 0 Å². The average Bonchev–Trinajstić information content (AvgIpc) is 3.33. The molecule has 1 aliphatic heterocycles. The number of carbonyl (C=O) groups excluding carboxylic acids is 2. The van der Waals surface area contributed by atoms with Crippen molar-refractivity contribution < 1.29 is 18.0 Å². The summed E-state index contributed by atoms with van der Waals surface area (Å²) in [7, 11) is -3.05.